The molecule has 5 atom stereocenters. The van der Waals surface area contributed by atoms with E-state index in [4.69, 9.17) is 19.5 Å². The summed E-state index contributed by atoms with van der Waals surface area (Å²) in [6.45, 7) is 6.47. The van der Waals surface area contributed by atoms with Gasteiger partial charge >= 0.3 is 11.9 Å². The zero-order valence-corrected chi connectivity index (χ0v) is 14.8. The average Bonchev–Trinajstić information content (AvgIpc) is 2.57. The summed E-state index contributed by atoms with van der Waals surface area (Å²) in [6, 6.07) is 5.22. The van der Waals surface area contributed by atoms with Crippen molar-refractivity contribution >= 4 is 11.9 Å². The molecule has 1 fully saturated rings. The number of carbonyl (C=O) groups excluding carboxylic acids is 2. The van der Waals surface area contributed by atoms with E-state index in [1.807, 2.05) is 13.8 Å². The lowest BCUT2D eigenvalue weighted by molar-refractivity contribution is -0.226. The van der Waals surface area contributed by atoms with Crippen molar-refractivity contribution in [2.45, 2.75) is 58.5 Å². The molecule has 0 aliphatic carbocycles. The minimum Gasteiger partial charge on any atom is -0.458 e. The SMILES string of the molecule is CC[C@H]1O[C@H](c2cc(C#N)ccn2)[C@@H](OC(C)=O)[C@@H](OC(C)=O)[C@@H]1C. The molecule has 7 nitrogen and oxygen atoms in total. The number of pyridine rings is 1. The van der Waals surface area contributed by atoms with Crippen LogP contribution in [0.1, 0.15) is 51.5 Å². The van der Waals surface area contributed by atoms with Crippen LogP contribution in [0.3, 0.4) is 0 Å². The quantitative estimate of drug-likeness (QED) is 0.771. The minimum atomic E-state index is -0.833. The van der Waals surface area contributed by atoms with Crippen LogP contribution in [0.4, 0.5) is 0 Å². The van der Waals surface area contributed by atoms with Crippen LogP contribution in [0.15, 0.2) is 18.3 Å². The van der Waals surface area contributed by atoms with Gasteiger partial charge in [0.25, 0.3) is 0 Å². The van der Waals surface area contributed by atoms with E-state index >= 15 is 0 Å². The number of rotatable bonds is 4. The average molecular weight is 346 g/mol. The molecule has 0 unspecified atom stereocenters. The Morgan fingerprint density at radius 2 is 1.92 bits per heavy atom. The molecule has 0 spiro atoms. The lowest BCUT2D eigenvalue weighted by Crippen LogP contribution is -2.53. The van der Waals surface area contributed by atoms with Crippen molar-refractivity contribution in [3.05, 3.63) is 29.6 Å². The fraction of sp³-hybridized carbons (Fsp3) is 0.556. The molecular weight excluding hydrogens is 324 g/mol. The topological polar surface area (TPSA) is 98.5 Å². The molecule has 1 aliphatic rings. The number of nitriles is 1. The van der Waals surface area contributed by atoms with Crippen LogP contribution in [-0.4, -0.2) is 35.2 Å². The van der Waals surface area contributed by atoms with Gasteiger partial charge in [-0.05, 0) is 18.6 Å². The third-order valence-corrected chi connectivity index (χ3v) is 4.26. The van der Waals surface area contributed by atoms with Crippen LogP contribution in [-0.2, 0) is 23.8 Å². The van der Waals surface area contributed by atoms with Crippen LogP contribution in [0, 0.1) is 17.2 Å². The number of hydrogen-bond acceptors (Lipinski definition) is 7. The zero-order chi connectivity index (χ0) is 18.6. The van der Waals surface area contributed by atoms with Gasteiger partial charge in [-0.3, -0.25) is 14.6 Å². The van der Waals surface area contributed by atoms with Gasteiger partial charge in [0.1, 0.15) is 12.2 Å². The second kappa shape index (κ2) is 8.08. The van der Waals surface area contributed by atoms with E-state index in [-0.39, 0.29) is 12.0 Å². The summed E-state index contributed by atoms with van der Waals surface area (Å²) < 4.78 is 17.0. The van der Waals surface area contributed by atoms with Crippen molar-refractivity contribution in [2.75, 3.05) is 0 Å². The van der Waals surface area contributed by atoms with E-state index in [2.05, 4.69) is 11.1 Å². The highest BCUT2D eigenvalue weighted by molar-refractivity contribution is 5.67. The lowest BCUT2D eigenvalue weighted by Gasteiger charge is -2.44. The zero-order valence-electron chi connectivity index (χ0n) is 14.8. The fourth-order valence-corrected chi connectivity index (χ4v) is 3.14. The molecule has 134 valence electrons. The van der Waals surface area contributed by atoms with Gasteiger partial charge in [0.2, 0.25) is 0 Å². The second-order valence-corrected chi connectivity index (χ2v) is 6.09. The van der Waals surface area contributed by atoms with Crippen LogP contribution >= 0.6 is 0 Å². The lowest BCUT2D eigenvalue weighted by atomic mass is 9.85. The predicted octanol–water partition coefficient (Wildman–Crippen LogP) is 2.30. The molecule has 0 saturated carbocycles. The molecule has 1 aliphatic heterocycles. The number of nitrogens with zero attached hydrogens (tertiary/aromatic N) is 2. The van der Waals surface area contributed by atoms with Crippen molar-refractivity contribution in [1.82, 2.24) is 4.98 Å². The highest BCUT2D eigenvalue weighted by atomic mass is 16.6. The molecule has 0 radical (unpaired) electrons. The van der Waals surface area contributed by atoms with Crippen molar-refractivity contribution in [2.24, 2.45) is 5.92 Å². The summed E-state index contributed by atoms with van der Waals surface area (Å²) in [4.78, 5) is 27.4. The van der Waals surface area contributed by atoms with Crippen LogP contribution < -0.4 is 0 Å². The van der Waals surface area contributed by atoms with Gasteiger partial charge in [0.05, 0.1) is 23.4 Å². The standard InChI is InChI=1S/C18H22N2O5/c1-5-15-10(2)16(23-11(3)21)18(24-12(4)22)17(25-15)14-8-13(9-19)6-7-20-14/h6-8,10,15-18H,5H2,1-4H3/t10-,15-,16+,17-,18+/m1/s1. The third kappa shape index (κ3) is 4.34. The van der Waals surface area contributed by atoms with Gasteiger partial charge < -0.3 is 14.2 Å². The molecular formula is C18H22N2O5. The van der Waals surface area contributed by atoms with E-state index in [9.17, 15) is 9.59 Å². The Morgan fingerprint density at radius 3 is 2.48 bits per heavy atom. The number of esters is 2. The fourth-order valence-electron chi connectivity index (χ4n) is 3.14. The Kier molecular flexibility index (Phi) is 6.10. The molecule has 1 saturated heterocycles. The number of carbonyl (C=O) groups is 2. The van der Waals surface area contributed by atoms with E-state index in [1.54, 1.807) is 12.1 Å². The summed E-state index contributed by atoms with van der Waals surface area (Å²) in [7, 11) is 0. The van der Waals surface area contributed by atoms with Gasteiger partial charge in [-0.25, -0.2) is 0 Å². The first-order valence-electron chi connectivity index (χ1n) is 8.23. The van der Waals surface area contributed by atoms with E-state index in [1.165, 1.54) is 20.0 Å². The van der Waals surface area contributed by atoms with Gasteiger partial charge in [0.15, 0.2) is 6.10 Å². The Balaban J connectivity index is 2.46. The molecule has 25 heavy (non-hydrogen) atoms. The Hall–Kier alpha value is -2.46. The maximum atomic E-state index is 11.6. The largest absolute Gasteiger partial charge is 0.458 e. The molecule has 0 amide bonds. The van der Waals surface area contributed by atoms with Crippen molar-refractivity contribution in [1.29, 1.82) is 5.26 Å². The highest BCUT2D eigenvalue weighted by Crippen LogP contribution is 2.39. The van der Waals surface area contributed by atoms with Crippen LogP contribution in [0.5, 0.6) is 0 Å². The summed E-state index contributed by atoms with van der Waals surface area (Å²) in [5.41, 5.74) is 0.888. The Morgan fingerprint density at radius 1 is 1.28 bits per heavy atom. The van der Waals surface area contributed by atoms with Crippen molar-refractivity contribution in [3.63, 3.8) is 0 Å². The summed E-state index contributed by atoms with van der Waals surface area (Å²) in [5.74, 6) is -1.12. The van der Waals surface area contributed by atoms with Crippen molar-refractivity contribution in [3.8, 4) is 6.07 Å². The highest BCUT2D eigenvalue weighted by Gasteiger charge is 2.48. The number of aromatic nitrogens is 1. The third-order valence-electron chi connectivity index (χ3n) is 4.26. The van der Waals surface area contributed by atoms with Gasteiger partial charge in [-0.15, -0.1) is 0 Å². The van der Waals surface area contributed by atoms with Crippen LogP contribution in [0.2, 0.25) is 0 Å². The number of hydrogen-bond donors (Lipinski definition) is 0. The van der Waals surface area contributed by atoms with E-state index < -0.39 is 30.3 Å². The summed E-state index contributed by atoms with van der Waals surface area (Å²) in [6.07, 6.45) is -0.211. The van der Waals surface area contributed by atoms with E-state index in [0.29, 0.717) is 17.7 Å². The molecule has 2 heterocycles. The maximum absolute atomic E-state index is 11.6. The first kappa shape index (κ1) is 18.9. The summed E-state index contributed by atoms with van der Waals surface area (Å²) >= 11 is 0. The first-order valence-corrected chi connectivity index (χ1v) is 8.23. The molecule has 2 rings (SSSR count). The predicted molar refractivity (Wildman–Crippen MR) is 87.1 cm³/mol. The van der Waals surface area contributed by atoms with Gasteiger partial charge in [-0.2, -0.15) is 5.26 Å². The minimum absolute atomic E-state index is 0.159. The Bertz CT molecular complexity index is 684. The van der Waals surface area contributed by atoms with Crippen molar-refractivity contribution < 1.29 is 23.8 Å². The van der Waals surface area contributed by atoms with Gasteiger partial charge in [-0.1, -0.05) is 13.8 Å². The molecule has 1 aromatic rings. The smallest absolute Gasteiger partial charge is 0.303 e. The van der Waals surface area contributed by atoms with Crippen LogP contribution in [0.25, 0.3) is 0 Å². The maximum Gasteiger partial charge on any atom is 0.303 e. The molecule has 0 N–H and O–H groups in total. The Labute approximate surface area is 146 Å². The molecule has 0 bridgehead atoms. The normalized spacial score (nSPS) is 28.7. The molecule has 1 aromatic heterocycles. The first-order chi connectivity index (χ1) is 11.9. The van der Waals surface area contributed by atoms with E-state index in [0.717, 1.165) is 0 Å². The molecule has 0 aromatic carbocycles. The second-order valence-electron chi connectivity index (χ2n) is 6.09. The summed E-state index contributed by atoms with van der Waals surface area (Å²) in [5, 5.41) is 9.11. The number of ether oxygens (including phenoxy) is 3. The monoisotopic (exact) mass is 346 g/mol. The van der Waals surface area contributed by atoms with Gasteiger partial charge in [0, 0.05) is 26.0 Å². The molecule has 7 heteroatoms.